The Labute approximate surface area is 102 Å². The van der Waals surface area contributed by atoms with Crippen LogP contribution in [-0.4, -0.2) is 42.1 Å². The van der Waals surface area contributed by atoms with E-state index in [1.807, 2.05) is 24.9 Å². The van der Waals surface area contributed by atoms with E-state index in [0.29, 0.717) is 6.04 Å². The Kier molecular flexibility index (Phi) is 5.38. The molecule has 16 heavy (non-hydrogen) atoms. The molecule has 0 radical (unpaired) electrons. The first-order valence-corrected chi connectivity index (χ1v) is 6.80. The van der Waals surface area contributed by atoms with Crippen molar-refractivity contribution in [3.05, 3.63) is 12.4 Å². The topological polar surface area (TPSA) is 41.0 Å². The van der Waals surface area contributed by atoms with E-state index in [1.54, 1.807) is 6.33 Å². The average molecular weight is 240 g/mol. The molecule has 90 valence electrons. The van der Waals surface area contributed by atoms with Crippen molar-refractivity contribution in [3.8, 4) is 0 Å². The Hall–Kier alpha value is -0.970. The predicted molar refractivity (Wildman–Crippen MR) is 72.4 cm³/mol. The van der Waals surface area contributed by atoms with Gasteiger partial charge in [0, 0.05) is 26.2 Å². The summed E-state index contributed by atoms with van der Waals surface area (Å²) in [6.07, 6.45) is 4.89. The van der Waals surface area contributed by atoms with Gasteiger partial charge in [0.15, 0.2) is 0 Å². The van der Waals surface area contributed by atoms with E-state index in [1.165, 1.54) is 5.75 Å². The summed E-state index contributed by atoms with van der Waals surface area (Å²) in [5, 5.41) is 3.02. The first-order valence-electron chi connectivity index (χ1n) is 5.40. The number of nitrogens with one attached hydrogen (secondary N) is 1. The van der Waals surface area contributed by atoms with Crippen LogP contribution in [0.15, 0.2) is 12.4 Å². The Bertz CT molecular complexity index is 319. The fourth-order valence-electron chi connectivity index (χ4n) is 1.38. The second-order valence-corrected chi connectivity index (χ2v) is 4.74. The Morgan fingerprint density at radius 2 is 2.25 bits per heavy atom. The van der Waals surface area contributed by atoms with E-state index in [2.05, 4.69) is 40.4 Å². The van der Waals surface area contributed by atoms with Crippen molar-refractivity contribution in [2.75, 3.05) is 36.3 Å². The van der Waals surface area contributed by atoms with Gasteiger partial charge in [0.2, 0.25) is 0 Å². The highest BCUT2D eigenvalue weighted by molar-refractivity contribution is 7.98. The van der Waals surface area contributed by atoms with Crippen molar-refractivity contribution in [3.63, 3.8) is 0 Å². The fourth-order valence-corrected chi connectivity index (χ4v) is 1.96. The zero-order valence-corrected chi connectivity index (χ0v) is 11.2. The van der Waals surface area contributed by atoms with Crippen molar-refractivity contribution in [2.24, 2.45) is 0 Å². The summed E-state index contributed by atoms with van der Waals surface area (Å²) in [6, 6.07) is 2.46. The number of hydrogen-bond donors (Lipinski definition) is 1. The van der Waals surface area contributed by atoms with Crippen LogP contribution in [0, 0.1) is 0 Å². The minimum atomic E-state index is 0.493. The number of hydrogen-bond acceptors (Lipinski definition) is 5. The first kappa shape index (κ1) is 13.1. The molecule has 0 aromatic carbocycles. The Balaban J connectivity index is 2.67. The van der Waals surface area contributed by atoms with Crippen LogP contribution in [0.25, 0.3) is 0 Å². The van der Waals surface area contributed by atoms with Crippen molar-refractivity contribution >= 4 is 23.4 Å². The van der Waals surface area contributed by atoms with Gasteiger partial charge in [-0.3, -0.25) is 0 Å². The molecule has 0 spiro atoms. The van der Waals surface area contributed by atoms with E-state index in [-0.39, 0.29) is 0 Å². The van der Waals surface area contributed by atoms with Crippen LogP contribution in [0.2, 0.25) is 0 Å². The van der Waals surface area contributed by atoms with Crippen LogP contribution < -0.4 is 10.2 Å². The lowest BCUT2D eigenvalue weighted by molar-refractivity contribution is 0.661. The second kappa shape index (κ2) is 6.58. The van der Waals surface area contributed by atoms with E-state index in [4.69, 9.17) is 0 Å². The van der Waals surface area contributed by atoms with Crippen molar-refractivity contribution < 1.29 is 0 Å². The third-order valence-electron chi connectivity index (χ3n) is 2.67. The third-order valence-corrected chi connectivity index (χ3v) is 3.32. The summed E-state index contributed by atoms with van der Waals surface area (Å²) in [7, 11) is 3.94. The molecule has 0 amide bonds. The van der Waals surface area contributed by atoms with Gasteiger partial charge in [0.05, 0.1) is 0 Å². The highest BCUT2D eigenvalue weighted by Crippen LogP contribution is 2.16. The largest absolute Gasteiger partial charge is 0.373 e. The van der Waals surface area contributed by atoms with E-state index in [9.17, 15) is 0 Å². The highest BCUT2D eigenvalue weighted by Gasteiger charge is 2.11. The number of aromatic nitrogens is 2. The van der Waals surface area contributed by atoms with Gasteiger partial charge in [0.25, 0.3) is 0 Å². The molecular weight excluding hydrogens is 220 g/mol. The van der Waals surface area contributed by atoms with E-state index < -0.39 is 0 Å². The van der Waals surface area contributed by atoms with Crippen LogP contribution in [-0.2, 0) is 0 Å². The Morgan fingerprint density at radius 1 is 1.50 bits per heavy atom. The van der Waals surface area contributed by atoms with Gasteiger partial charge < -0.3 is 10.2 Å². The van der Waals surface area contributed by atoms with Crippen molar-refractivity contribution in [1.29, 1.82) is 0 Å². The van der Waals surface area contributed by atoms with Crippen LogP contribution in [0.3, 0.4) is 0 Å². The monoisotopic (exact) mass is 240 g/mol. The normalized spacial score (nSPS) is 12.2. The number of thioether (sulfide) groups is 1. The summed E-state index contributed by atoms with van der Waals surface area (Å²) >= 11 is 1.88. The number of rotatable bonds is 6. The van der Waals surface area contributed by atoms with E-state index in [0.717, 1.165) is 18.1 Å². The summed E-state index contributed by atoms with van der Waals surface area (Å²) in [6.45, 7) is 2.22. The van der Waals surface area contributed by atoms with Crippen LogP contribution in [0.5, 0.6) is 0 Å². The van der Waals surface area contributed by atoms with Crippen LogP contribution in [0.1, 0.15) is 13.3 Å². The average Bonchev–Trinajstić information content (AvgIpc) is 2.35. The molecule has 0 saturated heterocycles. The molecule has 1 atom stereocenters. The number of anilines is 2. The van der Waals surface area contributed by atoms with Gasteiger partial charge in [-0.15, -0.1) is 0 Å². The highest BCUT2D eigenvalue weighted by atomic mass is 32.2. The van der Waals surface area contributed by atoms with Gasteiger partial charge in [-0.2, -0.15) is 11.8 Å². The second-order valence-electron chi connectivity index (χ2n) is 3.75. The van der Waals surface area contributed by atoms with Crippen LogP contribution >= 0.6 is 11.8 Å². The maximum absolute atomic E-state index is 4.28. The van der Waals surface area contributed by atoms with Crippen molar-refractivity contribution in [2.45, 2.75) is 19.4 Å². The summed E-state index contributed by atoms with van der Waals surface area (Å²) in [5.41, 5.74) is 0. The third kappa shape index (κ3) is 3.56. The molecule has 1 aromatic rings. The summed E-state index contributed by atoms with van der Waals surface area (Å²) in [5.74, 6) is 3.00. The van der Waals surface area contributed by atoms with Gasteiger partial charge in [-0.05, 0) is 25.4 Å². The molecule has 1 unspecified atom stereocenters. The summed E-state index contributed by atoms with van der Waals surface area (Å²) in [4.78, 5) is 10.6. The van der Waals surface area contributed by atoms with Gasteiger partial charge >= 0.3 is 0 Å². The number of nitrogens with zero attached hydrogens (tertiary/aromatic N) is 3. The minimum Gasteiger partial charge on any atom is -0.373 e. The molecule has 1 heterocycles. The molecular formula is C11H20N4S. The smallest absolute Gasteiger partial charge is 0.134 e. The molecule has 1 N–H and O–H groups in total. The summed E-state index contributed by atoms with van der Waals surface area (Å²) < 4.78 is 0. The van der Waals surface area contributed by atoms with Crippen LogP contribution in [0.4, 0.5) is 11.6 Å². The minimum absolute atomic E-state index is 0.493. The first-order chi connectivity index (χ1) is 7.69. The van der Waals surface area contributed by atoms with Gasteiger partial charge in [-0.25, -0.2) is 9.97 Å². The van der Waals surface area contributed by atoms with Gasteiger partial charge in [0.1, 0.15) is 18.0 Å². The zero-order chi connectivity index (χ0) is 12.0. The SMILES string of the molecule is CNc1cc(N(C)C(C)CCSC)ncn1. The predicted octanol–water partition coefficient (Wildman–Crippen LogP) is 2.10. The quantitative estimate of drug-likeness (QED) is 0.824. The van der Waals surface area contributed by atoms with Gasteiger partial charge in [-0.1, -0.05) is 0 Å². The molecule has 0 saturated carbocycles. The standard InChI is InChI=1S/C11H20N4S/c1-9(5-6-16-4)15(3)11-7-10(12-2)13-8-14-11/h7-9H,5-6H2,1-4H3,(H,12,13,14). The lowest BCUT2D eigenvalue weighted by Gasteiger charge is -2.25. The fraction of sp³-hybridized carbons (Fsp3) is 0.636. The lowest BCUT2D eigenvalue weighted by atomic mass is 10.2. The molecule has 0 fully saturated rings. The molecule has 0 aliphatic rings. The zero-order valence-electron chi connectivity index (χ0n) is 10.4. The molecule has 0 aliphatic carbocycles. The van der Waals surface area contributed by atoms with Crippen molar-refractivity contribution in [1.82, 2.24) is 9.97 Å². The molecule has 4 nitrogen and oxygen atoms in total. The molecule has 0 aliphatic heterocycles. The maximum Gasteiger partial charge on any atom is 0.134 e. The molecule has 5 heteroatoms. The molecule has 1 aromatic heterocycles. The molecule has 1 rings (SSSR count). The maximum atomic E-state index is 4.28. The van der Waals surface area contributed by atoms with E-state index >= 15 is 0 Å². The molecule has 0 bridgehead atoms. The lowest BCUT2D eigenvalue weighted by Crippen LogP contribution is -2.30. The Morgan fingerprint density at radius 3 is 2.88 bits per heavy atom.